The number of fused-ring (bicyclic) bond motifs is 2. The van der Waals surface area contributed by atoms with Gasteiger partial charge in [0.05, 0.1) is 0 Å². The second-order valence-electron chi connectivity index (χ2n) is 6.86. The average molecular weight is 235 g/mol. The Hall–Kier alpha value is -0.0400. The van der Waals surface area contributed by atoms with E-state index < -0.39 is 0 Å². The van der Waals surface area contributed by atoms with Crippen LogP contribution in [-0.4, -0.2) is 12.6 Å². The lowest BCUT2D eigenvalue weighted by Gasteiger charge is -2.35. The molecule has 0 spiro atoms. The topological polar surface area (TPSA) is 12.0 Å². The summed E-state index contributed by atoms with van der Waals surface area (Å²) in [6, 6.07) is 0.882. The Kier molecular flexibility index (Phi) is 3.75. The second kappa shape index (κ2) is 5.30. The first kappa shape index (κ1) is 12.0. The minimum Gasteiger partial charge on any atom is -0.313 e. The van der Waals surface area contributed by atoms with Crippen molar-refractivity contribution in [3.05, 3.63) is 0 Å². The standard InChI is InChI=1S/C16H29N/c1-2-9-17-16(13-5-3-4-6-13)15-11-12-7-8-14(15)10-12/h12-17H,2-11H2,1H3. The molecule has 4 atom stereocenters. The first-order valence-corrected chi connectivity index (χ1v) is 8.12. The van der Waals surface area contributed by atoms with E-state index in [1.54, 1.807) is 25.7 Å². The quantitative estimate of drug-likeness (QED) is 0.760. The van der Waals surface area contributed by atoms with Gasteiger partial charge in [-0.25, -0.2) is 0 Å². The Labute approximate surface area is 107 Å². The van der Waals surface area contributed by atoms with E-state index >= 15 is 0 Å². The van der Waals surface area contributed by atoms with E-state index in [9.17, 15) is 0 Å². The van der Waals surface area contributed by atoms with Crippen molar-refractivity contribution in [3.63, 3.8) is 0 Å². The molecule has 0 aromatic heterocycles. The number of rotatable bonds is 5. The monoisotopic (exact) mass is 235 g/mol. The third-order valence-electron chi connectivity index (χ3n) is 5.79. The van der Waals surface area contributed by atoms with Crippen LogP contribution in [0.4, 0.5) is 0 Å². The van der Waals surface area contributed by atoms with E-state index in [-0.39, 0.29) is 0 Å². The van der Waals surface area contributed by atoms with Gasteiger partial charge in [-0.1, -0.05) is 26.2 Å². The Morgan fingerprint density at radius 1 is 1.06 bits per heavy atom. The Morgan fingerprint density at radius 2 is 1.88 bits per heavy atom. The van der Waals surface area contributed by atoms with Gasteiger partial charge in [0.25, 0.3) is 0 Å². The number of nitrogens with one attached hydrogen (secondary N) is 1. The molecule has 1 heteroatoms. The molecule has 98 valence electrons. The van der Waals surface area contributed by atoms with Crippen molar-refractivity contribution >= 4 is 0 Å². The molecule has 0 aromatic carbocycles. The molecular formula is C16H29N. The summed E-state index contributed by atoms with van der Waals surface area (Å²) in [4.78, 5) is 0. The lowest BCUT2D eigenvalue weighted by atomic mass is 9.77. The summed E-state index contributed by atoms with van der Waals surface area (Å²) in [5.74, 6) is 4.27. The smallest absolute Gasteiger partial charge is 0.0126 e. The summed E-state index contributed by atoms with van der Waals surface area (Å²) in [6.45, 7) is 3.55. The lowest BCUT2D eigenvalue weighted by molar-refractivity contribution is 0.192. The van der Waals surface area contributed by atoms with Crippen LogP contribution in [-0.2, 0) is 0 Å². The summed E-state index contributed by atoms with van der Waals surface area (Å²) in [5, 5.41) is 3.94. The summed E-state index contributed by atoms with van der Waals surface area (Å²) < 4.78 is 0. The van der Waals surface area contributed by atoms with Crippen molar-refractivity contribution < 1.29 is 0 Å². The first-order valence-electron chi connectivity index (χ1n) is 8.12. The fourth-order valence-electron chi connectivity index (χ4n) is 5.03. The summed E-state index contributed by atoms with van der Waals surface area (Å²) in [5.41, 5.74) is 0. The molecule has 3 aliphatic rings. The molecule has 1 nitrogen and oxygen atoms in total. The Balaban J connectivity index is 1.65. The summed E-state index contributed by atoms with van der Waals surface area (Å²) in [7, 11) is 0. The highest BCUT2D eigenvalue weighted by Crippen LogP contribution is 2.51. The predicted octanol–water partition coefficient (Wildman–Crippen LogP) is 3.98. The molecule has 2 bridgehead atoms. The van der Waals surface area contributed by atoms with Crippen LogP contribution in [0.25, 0.3) is 0 Å². The molecule has 3 rings (SSSR count). The molecule has 0 saturated heterocycles. The minimum atomic E-state index is 0.882. The third kappa shape index (κ3) is 2.41. The van der Waals surface area contributed by atoms with Gasteiger partial charge in [0.2, 0.25) is 0 Å². The van der Waals surface area contributed by atoms with Crippen molar-refractivity contribution in [1.29, 1.82) is 0 Å². The fraction of sp³-hybridized carbons (Fsp3) is 1.00. The van der Waals surface area contributed by atoms with Gasteiger partial charge in [-0.05, 0) is 68.7 Å². The summed E-state index contributed by atoms with van der Waals surface area (Å²) in [6.07, 6.45) is 13.5. The van der Waals surface area contributed by atoms with Crippen LogP contribution in [0.1, 0.15) is 64.7 Å². The molecule has 17 heavy (non-hydrogen) atoms. The number of hydrogen-bond acceptors (Lipinski definition) is 1. The highest BCUT2D eigenvalue weighted by Gasteiger charge is 2.45. The summed E-state index contributed by atoms with van der Waals surface area (Å²) >= 11 is 0. The molecule has 0 heterocycles. The molecule has 0 radical (unpaired) electrons. The average Bonchev–Trinajstić information content (AvgIpc) is 3.06. The molecule has 3 aliphatic carbocycles. The SMILES string of the molecule is CCCNC(C1CCCC1)C1CC2CCC1C2. The molecular weight excluding hydrogens is 206 g/mol. The van der Waals surface area contributed by atoms with E-state index in [2.05, 4.69) is 12.2 Å². The van der Waals surface area contributed by atoms with Crippen molar-refractivity contribution in [2.45, 2.75) is 70.8 Å². The first-order chi connectivity index (χ1) is 8.38. The van der Waals surface area contributed by atoms with E-state index in [0.29, 0.717) is 0 Å². The van der Waals surface area contributed by atoms with E-state index in [4.69, 9.17) is 0 Å². The predicted molar refractivity (Wildman–Crippen MR) is 73.0 cm³/mol. The van der Waals surface area contributed by atoms with Gasteiger partial charge in [-0.3, -0.25) is 0 Å². The minimum absolute atomic E-state index is 0.882. The van der Waals surface area contributed by atoms with E-state index in [0.717, 1.165) is 29.7 Å². The van der Waals surface area contributed by atoms with Gasteiger partial charge in [0, 0.05) is 6.04 Å². The molecule has 0 amide bonds. The van der Waals surface area contributed by atoms with Crippen molar-refractivity contribution in [1.82, 2.24) is 5.32 Å². The van der Waals surface area contributed by atoms with Gasteiger partial charge in [-0.2, -0.15) is 0 Å². The maximum atomic E-state index is 3.94. The highest BCUT2D eigenvalue weighted by molar-refractivity contribution is 4.98. The molecule has 4 unspecified atom stereocenters. The van der Waals surface area contributed by atoms with Gasteiger partial charge in [0.15, 0.2) is 0 Å². The fourth-order valence-corrected chi connectivity index (χ4v) is 5.03. The van der Waals surface area contributed by atoms with Crippen molar-refractivity contribution in [3.8, 4) is 0 Å². The van der Waals surface area contributed by atoms with E-state index in [1.165, 1.54) is 38.6 Å². The van der Waals surface area contributed by atoms with Crippen LogP contribution in [0.3, 0.4) is 0 Å². The zero-order chi connectivity index (χ0) is 11.7. The lowest BCUT2D eigenvalue weighted by Crippen LogP contribution is -2.43. The second-order valence-corrected chi connectivity index (χ2v) is 6.86. The highest BCUT2D eigenvalue weighted by atomic mass is 14.9. The molecule has 3 saturated carbocycles. The molecule has 1 N–H and O–H groups in total. The van der Waals surface area contributed by atoms with Crippen LogP contribution in [0.15, 0.2) is 0 Å². The maximum absolute atomic E-state index is 3.94. The largest absolute Gasteiger partial charge is 0.313 e. The zero-order valence-electron chi connectivity index (χ0n) is 11.5. The molecule has 0 aliphatic heterocycles. The van der Waals surface area contributed by atoms with Gasteiger partial charge in [-0.15, -0.1) is 0 Å². The third-order valence-corrected chi connectivity index (χ3v) is 5.79. The van der Waals surface area contributed by atoms with Crippen LogP contribution in [0.2, 0.25) is 0 Å². The van der Waals surface area contributed by atoms with Crippen molar-refractivity contribution in [2.24, 2.45) is 23.7 Å². The molecule has 0 aromatic rings. The van der Waals surface area contributed by atoms with Gasteiger partial charge in [0.1, 0.15) is 0 Å². The zero-order valence-corrected chi connectivity index (χ0v) is 11.5. The Morgan fingerprint density at radius 3 is 2.47 bits per heavy atom. The van der Waals surface area contributed by atoms with Crippen LogP contribution < -0.4 is 5.32 Å². The van der Waals surface area contributed by atoms with Crippen LogP contribution in [0.5, 0.6) is 0 Å². The Bertz CT molecular complexity index is 244. The van der Waals surface area contributed by atoms with E-state index in [1.807, 2.05) is 0 Å². The normalized spacial score (nSPS) is 39.0. The van der Waals surface area contributed by atoms with Crippen LogP contribution in [0, 0.1) is 23.7 Å². The van der Waals surface area contributed by atoms with Gasteiger partial charge >= 0.3 is 0 Å². The van der Waals surface area contributed by atoms with Crippen LogP contribution >= 0.6 is 0 Å². The number of hydrogen-bond donors (Lipinski definition) is 1. The maximum Gasteiger partial charge on any atom is 0.0126 e. The van der Waals surface area contributed by atoms with Gasteiger partial charge < -0.3 is 5.32 Å². The molecule has 3 fully saturated rings. The van der Waals surface area contributed by atoms with Crippen molar-refractivity contribution in [2.75, 3.05) is 6.54 Å².